The van der Waals surface area contributed by atoms with Gasteiger partial charge >= 0.3 is 5.97 Å². The first-order valence-corrected chi connectivity index (χ1v) is 8.11. The number of benzene rings is 1. The first-order valence-electron chi connectivity index (χ1n) is 8.11. The number of ether oxygens (including phenoxy) is 2. The van der Waals surface area contributed by atoms with Gasteiger partial charge in [-0.1, -0.05) is 32.8 Å². The third-order valence-electron chi connectivity index (χ3n) is 4.69. The molecule has 1 fully saturated rings. The minimum atomic E-state index is -0.524. The van der Waals surface area contributed by atoms with E-state index in [0.717, 1.165) is 12.8 Å². The lowest BCUT2D eigenvalue weighted by Crippen LogP contribution is -2.45. The molecular weight excluding hydrogens is 294 g/mol. The zero-order chi connectivity index (χ0) is 16.8. The van der Waals surface area contributed by atoms with E-state index in [2.05, 4.69) is 19.2 Å². The van der Waals surface area contributed by atoms with Gasteiger partial charge in [-0.2, -0.15) is 0 Å². The molecule has 5 nitrogen and oxygen atoms in total. The standard InChI is InChI=1S/C18H25NO4/c1-12-6-4-9-16(13(12)2)19-17(20)11-23-18(21)14-7-5-8-15(10-14)22-3/h5,7-8,10,12-13,16H,4,6,9,11H2,1-3H3,(H,19,20)/t12-,13-,16-/m1/s1. The zero-order valence-electron chi connectivity index (χ0n) is 14.0. The highest BCUT2D eigenvalue weighted by molar-refractivity contribution is 5.91. The molecule has 0 saturated heterocycles. The number of amides is 1. The molecule has 0 aliphatic heterocycles. The van der Waals surface area contributed by atoms with Crippen LogP contribution in [-0.4, -0.2) is 31.6 Å². The molecule has 1 aliphatic carbocycles. The van der Waals surface area contributed by atoms with Crippen LogP contribution in [-0.2, 0) is 9.53 Å². The molecule has 23 heavy (non-hydrogen) atoms. The Hall–Kier alpha value is -2.04. The van der Waals surface area contributed by atoms with Crippen LogP contribution >= 0.6 is 0 Å². The van der Waals surface area contributed by atoms with Crippen molar-refractivity contribution in [1.29, 1.82) is 0 Å². The maximum absolute atomic E-state index is 12.0. The van der Waals surface area contributed by atoms with Gasteiger partial charge in [-0.3, -0.25) is 4.79 Å². The molecule has 1 aromatic carbocycles. The number of carbonyl (C=O) groups is 2. The van der Waals surface area contributed by atoms with Crippen LogP contribution in [0.4, 0.5) is 0 Å². The molecule has 0 aromatic heterocycles. The second-order valence-corrected chi connectivity index (χ2v) is 6.25. The fourth-order valence-corrected chi connectivity index (χ4v) is 3.00. The number of hydrogen-bond donors (Lipinski definition) is 1. The number of esters is 1. The summed E-state index contributed by atoms with van der Waals surface area (Å²) < 4.78 is 10.2. The summed E-state index contributed by atoms with van der Waals surface area (Å²) in [5.41, 5.74) is 0.372. The van der Waals surface area contributed by atoms with Gasteiger partial charge in [0.25, 0.3) is 5.91 Å². The molecule has 1 saturated carbocycles. The van der Waals surface area contributed by atoms with Gasteiger partial charge in [0.1, 0.15) is 5.75 Å². The molecule has 1 aliphatic rings. The molecule has 2 rings (SSSR count). The largest absolute Gasteiger partial charge is 0.497 e. The summed E-state index contributed by atoms with van der Waals surface area (Å²) in [6, 6.07) is 6.84. The SMILES string of the molecule is COc1cccc(C(=O)OCC(=O)N[C@@H]2CCC[C@@H](C)[C@H]2C)c1. The summed E-state index contributed by atoms with van der Waals surface area (Å²) in [5.74, 6) is 0.861. The van der Waals surface area contributed by atoms with Crippen LogP contribution in [0.3, 0.4) is 0 Å². The third-order valence-corrected chi connectivity index (χ3v) is 4.69. The summed E-state index contributed by atoms with van der Waals surface area (Å²) in [5, 5.41) is 2.99. The topological polar surface area (TPSA) is 64.6 Å². The highest BCUT2D eigenvalue weighted by Crippen LogP contribution is 2.29. The third kappa shape index (κ3) is 4.71. The first-order chi connectivity index (χ1) is 11.0. The Morgan fingerprint density at radius 3 is 2.78 bits per heavy atom. The van der Waals surface area contributed by atoms with E-state index in [1.807, 2.05) is 0 Å². The second-order valence-electron chi connectivity index (χ2n) is 6.25. The Kier molecular flexibility index (Phi) is 6.02. The van der Waals surface area contributed by atoms with Gasteiger partial charge in [0, 0.05) is 6.04 Å². The quantitative estimate of drug-likeness (QED) is 0.848. The number of methoxy groups -OCH3 is 1. The first kappa shape index (κ1) is 17.3. The Labute approximate surface area is 137 Å². The van der Waals surface area contributed by atoms with Crippen molar-refractivity contribution in [2.75, 3.05) is 13.7 Å². The van der Waals surface area contributed by atoms with Gasteiger partial charge in [0.05, 0.1) is 12.7 Å². The van der Waals surface area contributed by atoms with Gasteiger partial charge in [-0.25, -0.2) is 4.79 Å². The average Bonchev–Trinajstić information content (AvgIpc) is 2.57. The predicted molar refractivity (Wildman–Crippen MR) is 87.4 cm³/mol. The van der Waals surface area contributed by atoms with E-state index in [4.69, 9.17) is 9.47 Å². The Balaban J connectivity index is 1.82. The molecule has 1 N–H and O–H groups in total. The molecule has 5 heteroatoms. The van der Waals surface area contributed by atoms with Crippen molar-refractivity contribution in [2.24, 2.45) is 11.8 Å². The van der Waals surface area contributed by atoms with Gasteiger partial charge < -0.3 is 14.8 Å². The molecular formula is C18H25NO4. The van der Waals surface area contributed by atoms with Crippen molar-refractivity contribution in [1.82, 2.24) is 5.32 Å². The molecule has 3 atom stereocenters. The maximum Gasteiger partial charge on any atom is 0.338 e. The summed E-state index contributed by atoms with van der Waals surface area (Å²) in [7, 11) is 1.53. The molecule has 0 heterocycles. The normalized spacial score (nSPS) is 23.9. The number of nitrogens with one attached hydrogen (secondary N) is 1. The lowest BCUT2D eigenvalue weighted by Gasteiger charge is -2.34. The molecule has 1 aromatic rings. The minimum Gasteiger partial charge on any atom is -0.497 e. The maximum atomic E-state index is 12.0. The van der Waals surface area contributed by atoms with E-state index in [-0.39, 0.29) is 18.6 Å². The lowest BCUT2D eigenvalue weighted by molar-refractivity contribution is -0.125. The predicted octanol–water partition coefficient (Wildman–Crippen LogP) is 2.79. The smallest absolute Gasteiger partial charge is 0.338 e. The fourth-order valence-electron chi connectivity index (χ4n) is 3.00. The second kappa shape index (κ2) is 7.99. The van der Waals surface area contributed by atoms with Gasteiger partial charge in [0.15, 0.2) is 6.61 Å². The molecule has 0 spiro atoms. The van der Waals surface area contributed by atoms with Crippen LogP contribution in [0.5, 0.6) is 5.75 Å². The Bertz CT molecular complexity index is 558. The van der Waals surface area contributed by atoms with Crippen LogP contribution < -0.4 is 10.1 Å². The van der Waals surface area contributed by atoms with Gasteiger partial charge in [-0.05, 0) is 36.5 Å². The average molecular weight is 319 g/mol. The Morgan fingerprint density at radius 2 is 2.04 bits per heavy atom. The van der Waals surface area contributed by atoms with E-state index in [1.165, 1.54) is 13.5 Å². The van der Waals surface area contributed by atoms with Gasteiger partial charge in [0.2, 0.25) is 0 Å². The van der Waals surface area contributed by atoms with Crippen LogP contribution in [0.25, 0.3) is 0 Å². The molecule has 1 amide bonds. The molecule has 0 radical (unpaired) electrons. The van der Waals surface area contributed by atoms with Crippen LogP contribution in [0, 0.1) is 11.8 Å². The Morgan fingerprint density at radius 1 is 1.26 bits per heavy atom. The van der Waals surface area contributed by atoms with Crippen LogP contribution in [0.2, 0.25) is 0 Å². The molecule has 0 bridgehead atoms. The van der Waals surface area contributed by atoms with Crippen LogP contribution in [0.1, 0.15) is 43.5 Å². The highest BCUT2D eigenvalue weighted by atomic mass is 16.5. The lowest BCUT2D eigenvalue weighted by atomic mass is 9.78. The van der Waals surface area contributed by atoms with Crippen molar-refractivity contribution in [3.8, 4) is 5.75 Å². The number of rotatable bonds is 5. The van der Waals surface area contributed by atoms with Crippen molar-refractivity contribution in [3.05, 3.63) is 29.8 Å². The zero-order valence-corrected chi connectivity index (χ0v) is 14.0. The van der Waals surface area contributed by atoms with Crippen molar-refractivity contribution in [2.45, 2.75) is 39.2 Å². The monoisotopic (exact) mass is 319 g/mol. The van der Waals surface area contributed by atoms with E-state index in [9.17, 15) is 9.59 Å². The summed E-state index contributed by atoms with van der Waals surface area (Å²) in [6.07, 6.45) is 3.32. The van der Waals surface area contributed by atoms with E-state index in [0.29, 0.717) is 23.1 Å². The van der Waals surface area contributed by atoms with E-state index >= 15 is 0 Å². The summed E-state index contributed by atoms with van der Waals surface area (Å²) in [6.45, 7) is 4.12. The number of hydrogen-bond acceptors (Lipinski definition) is 4. The minimum absolute atomic E-state index is 0.168. The van der Waals surface area contributed by atoms with Crippen molar-refractivity contribution >= 4 is 11.9 Å². The van der Waals surface area contributed by atoms with Crippen LogP contribution in [0.15, 0.2) is 24.3 Å². The summed E-state index contributed by atoms with van der Waals surface area (Å²) in [4.78, 5) is 24.0. The number of carbonyl (C=O) groups excluding carboxylic acids is 2. The summed E-state index contributed by atoms with van der Waals surface area (Å²) >= 11 is 0. The van der Waals surface area contributed by atoms with Gasteiger partial charge in [-0.15, -0.1) is 0 Å². The molecule has 126 valence electrons. The van der Waals surface area contributed by atoms with Crippen molar-refractivity contribution < 1.29 is 19.1 Å². The van der Waals surface area contributed by atoms with E-state index < -0.39 is 5.97 Å². The van der Waals surface area contributed by atoms with Crippen molar-refractivity contribution in [3.63, 3.8) is 0 Å². The fraction of sp³-hybridized carbons (Fsp3) is 0.556. The highest BCUT2D eigenvalue weighted by Gasteiger charge is 2.28. The van der Waals surface area contributed by atoms with E-state index in [1.54, 1.807) is 24.3 Å². The molecule has 0 unspecified atom stereocenters.